The number of hydrogen-bond acceptors (Lipinski definition) is 4. The summed E-state index contributed by atoms with van der Waals surface area (Å²) in [4.78, 5) is 25.7. The van der Waals surface area contributed by atoms with Crippen LogP contribution in [0.1, 0.15) is 105 Å². The Morgan fingerprint density at radius 1 is 1.00 bits per heavy atom. The summed E-state index contributed by atoms with van der Waals surface area (Å²) in [5.74, 6) is -0.232. The maximum Gasteiger partial charge on any atom is 0.349 e. The van der Waals surface area contributed by atoms with Gasteiger partial charge in [0.05, 0.1) is 13.2 Å². The Morgan fingerprint density at radius 2 is 1.70 bits per heavy atom. The molecule has 0 spiro atoms. The number of ether oxygens (including phenoxy) is 2. The topological polar surface area (TPSA) is 69.6 Å². The maximum absolute atomic E-state index is 14.8. The summed E-state index contributed by atoms with van der Waals surface area (Å²) in [6, 6.07) is 18.8. The number of methoxy groups -OCH3 is 1. The average Bonchev–Trinajstić information content (AvgIpc) is 3.22. The highest BCUT2D eigenvalue weighted by molar-refractivity contribution is 5.99. The van der Waals surface area contributed by atoms with Gasteiger partial charge in [-0.2, -0.15) is 0 Å². The molecule has 0 bridgehead atoms. The van der Waals surface area contributed by atoms with Crippen molar-refractivity contribution < 1.29 is 23.5 Å². The molecule has 1 aromatic heterocycles. The van der Waals surface area contributed by atoms with Gasteiger partial charge in [-0.3, -0.25) is 4.79 Å². The molecular weight excluding hydrogens is 579 g/mol. The van der Waals surface area contributed by atoms with E-state index in [2.05, 4.69) is 61.8 Å². The Morgan fingerprint density at radius 3 is 2.30 bits per heavy atom. The fourth-order valence-electron chi connectivity index (χ4n) is 6.28. The monoisotopic (exact) mass is 626 g/mol. The van der Waals surface area contributed by atoms with Crippen molar-refractivity contribution in [3.05, 3.63) is 100.0 Å². The van der Waals surface area contributed by atoms with Crippen LogP contribution in [-0.4, -0.2) is 29.2 Å². The number of aromatic nitrogens is 1. The van der Waals surface area contributed by atoms with Crippen LogP contribution in [0, 0.1) is 18.7 Å². The van der Waals surface area contributed by atoms with Crippen LogP contribution in [-0.2, 0) is 27.9 Å². The standard InChI is InChI=1S/C39H47FN2O4/c1-24(28-12-15-30(16-13-28)38(3,4)5)41-36(43)29-14-17-33-34(25(2)42(35(33)21-29)23-26-10-9-11-26)20-27-18-31(40)22-32(19-27)46-39(6,7)37(44)45-8/h12-19,21-22,24,26H,9-11,20,23H2,1-8H3,(H,41,43)/t24-/m0/s1. The lowest BCUT2D eigenvalue weighted by molar-refractivity contribution is -0.156. The molecule has 3 aromatic carbocycles. The molecule has 0 unspecified atom stereocenters. The van der Waals surface area contributed by atoms with E-state index in [0.29, 0.717) is 17.9 Å². The van der Waals surface area contributed by atoms with E-state index >= 15 is 0 Å². The summed E-state index contributed by atoms with van der Waals surface area (Å²) >= 11 is 0. The Kier molecular flexibility index (Phi) is 9.35. The summed E-state index contributed by atoms with van der Waals surface area (Å²) in [6.07, 6.45) is 4.10. The van der Waals surface area contributed by atoms with Crippen LogP contribution in [0.15, 0.2) is 60.7 Å². The number of fused-ring (bicyclic) bond motifs is 1. The zero-order valence-electron chi connectivity index (χ0n) is 28.4. The van der Waals surface area contributed by atoms with Gasteiger partial charge in [-0.05, 0) is 98.4 Å². The Balaban J connectivity index is 1.44. The highest BCUT2D eigenvalue weighted by Crippen LogP contribution is 2.35. The zero-order valence-corrected chi connectivity index (χ0v) is 28.4. The number of hydrogen-bond donors (Lipinski definition) is 1. The third-order valence-electron chi connectivity index (χ3n) is 9.37. The molecule has 1 atom stereocenters. The lowest BCUT2D eigenvalue weighted by Gasteiger charge is -2.27. The lowest BCUT2D eigenvalue weighted by atomic mass is 9.85. The number of carbonyl (C=O) groups excluding carboxylic acids is 2. The highest BCUT2D eigenvalue weighted by atomic mass is 19.1. The predicted octanol–water partition coefficient (Wildman–Crippen LogP) is 8.60. The molecule has 7 heteroatoms. The van der Waals surface area contributed by atoms with E-state index in [1.807, 2.05) is 25.1 Å². The number of nitrogens with zero attached hydrogens (tertiary/aromatic N) is 1. The van der Waals surface area contributed by atoms with Gasteiger partial charge in [0.15, 0.2) is 5.60 Å². The van der Waals surface area contributed by atoms with E-state index in [0.717, 1.165) is 39.8 Å². The van der Waals surface area contributed by atoms with Crippen molar-refractivity contribution in [2.75, 3.05) is 7.11 Å². The van der Waals surface area contributed by atoms with Crippen molar-refractivity contribution in [2.45, 2.75) is 97.8 Å². The minimum Gasteiger partial charge on any atom is -0.476 e. The molecule has 0 radical (unpaired) electrons. The van der Waals surface area contributed by atoms with Crippen molar-refractivity contribution in [1.29, 1.82) is 0 Å². The number of rotatable bonds is 10. The van der Waals surface area contributed by atoms with Gasteiger partial charge in [-0.15, -0.1) is 0 Å². The Bertz CT molecular complexity index is 1740. The van der Waals surface area contributed by atoms with E-state index in [9.17, 15) is 14.0 Å². The molecule has 0 aliphatic heterocycles. The van der Waals surface area contributed by atoms with E-state index < -0.39 is 17.4 Å². The average molecular weight is 627 g/mol. The molecule has 4 aromatic rings. The number of nitrogens with one attached hydrogen (secondary N) is 1. The predicted molar refractivity (Wildman–Crippen MR) is 181 cm³/mol. The smallest absolute Gasteiger partial charge is 0.349 e. The third-order valence-corrected chi connectivity index (χ3v) is 9.37. The molecule has 1 aliphatic carbocycles. The Labute approximate surface area is 272 Å². The van der Waals surface area contributed by atoms with Crippen molar-refractivity contribution in [2.24, 2.45) is 5.92 Å². The number of amides is 1. The minimum atomic E-state index is -1.27. The Hall–Kier alpha value is -4.13. The van der Waals surface area contributed by atoms with Gasteiger partial charge in [-0.25, -0.2) is 9.18 Å². The maximum atomic E-state index is 14.8. The zero-order chi connectivity index (χ0) is 33.4. The van der Waals surface area contributed by atoms with Crippen LogP contribution in [0.5, 0.6) is 5.75 Å². The van der Waals surface area contributed by atoms with Crippen LogP contribution in [0.4, 0.5) is 4.39 Å². The highest BCUT2D eigenvalue weighted by Gasteiger charge is 2.31. The minimum absolute atomic E-state index is 0.0674. The van der Waals surface area contributed by atoms with Crippen molar-refractivity contribution in [3.8, 4) is 5.75 Å². The lowest BCUT2D eigenvalue weighted by Crippen LogP contribution is -2.39. The van der Waals surface area contributed by atoms with E-state index in [1.54, 1.807) is 19.9 Å². The van der Waals surface area contributed by atoms with Crippen LogP contribution >= 0.6 is 0 Å². The first-order valence-corrected chi connectivity index (χ1v) is 16.3. The molecule has 1 saturated carbocycles. The molecule has 1 aliphatic rings. The number of halogens is 1. The summed E-state index contributed by atoms with van der Waals surface area (Å²) in [7, 11) is 1.30. The SMILES string of the molecule is COC(=O)C(C)(C)Oc1cc(F)cc(Cc2c(C)n(CC3CCC3)c3cc(C(=O)N[C@@H](C)c4ccc(C(C)(C)C)cc4)ccc23)c1. The van der Waals surface area contributed by atoms with Crippen LogP contribution < -0.4 is 10.1 Å². The van der Waals surface area contributed by atoms with Crippen molar-refractivity contribution >= 4 is 22.8 Å². The fourth-order valence-corrected chi connectivity index (χ4v) is 6.28. The molecule has 1 amide bonds. The number of carbonyl (C=O) groups is 2. The van der Waals surface area contributed by atoms with Crippen molar-refractivity contribution in [1.82, 2.24) is 9.88 Å². The molecule has 1 fully saturated rings. The molecule has 46 heavy (non-hydrogen) atoms. The van der Waals surface area contributed by atoms with Crippen LogP contribution in [0.2, 0.25) is 0 Å². The van der Waals surface area contributed by atoms with Gasteiger partial charge in [-0.1, -0.05) is 57.5 Å². The molecule has 244 valence electrons. The molecule has 1 N–H and O–H groups in total. The van der Waals surface area contributed by atoms with Gasteiger partial charge in [0.25, 0.3) is 5.91 Å². The van der Waals surface area contributed by atoms with E-state index in [-0.39, 0.29) is 23.1 Å². The molecular formula is C39H47FN2O4. The van der Waals surface area contributed by atoms with Crippen LogP contribution in [0.3, 0.4) is 0 Å². The molecule has 0 saturated heterocycles. The first kappa shape index (κ1) is 33.2. The summed E-state index contributed by atoms with van der Waals surface area (Å²) < 4.78 is 27.9. The van der Waals surface area contributed by atoms with Gasteiger partial charge < -0.3 is 19.4 Å². The van der Waals surface area contributed by atoms with E-state index in [1.165, 1.54) is 44.1 Å². The summed E-state index contributed by atoms with van der Waals surface area (Å²) in [6.45, 7) is 14.8. The molecule has 5 rings (SSSR count). The first-order valence-electron chi connectivity index (χ1n) is 16.3. The second-order valence-electron chi connectivity index (χ2n) is 14.3. The first-order chi connectivity index (χ1) is 21.7. The second kappa shape index (κ2) is 12.9. The normalized spacial score (nSPS) is 14.5. The second-order valence-corrected chi connectivity index (χ2v) is 14.3. The van der Waals surface area contributed by atoms with Gasteiger partial charge in [0.1, 0.15) is 11.6 Å². The summed E-state index contributed by atoms with van der Waals surface area (Å²) in [5, 5.41) is 4.23. The van der Waals surface area contributed by atoms with Gasteiger partial charge >= 0.3 is 5.97 Å². The van der Waals surface area contributed by atoms with Gasteiger partial charge in [0, 0.05) is 41.2 Å². The fraction of sp³-hybridized carbons (Fsp3) is 0.436. The van der Waals surface area contributed by atoms with Crippen LogP contribution in [0.25, 0.3) is 10.9 Å². The van der Waals surface area contributed by atoms with Gasteiger partial charge in [0.2, 0.25) is 0 Å². The third kappa shape index (κ3) is 7.14. The van der Waals surface area contributed by atoms with Crippen molar-refractivity contribution in [3.63, 3.8) is 0 Å². The quantitative estimate of drug-likeness (QED) is 0.179. The largest absolute Gasteiger partial charge is 0.476 e. The molecule has 6 nitrogen and oxygen atoms in total. The summed E-state index contributed by atoms with van der Waals surface area (Å²) in [5.41, 5.74) is 5.65. The molecule has 1 heterocycles. The number of benzene rings is 3. The number of esters is 1. The van der Waals surface area contributed by atoms with E-state index in [4.69, 9.17) is 9.47 Å².